The molecule has 0 aliphatic carbocycles. The molecule has 1 saturated heterocycles. The van der Waals surface area contributed by atoms with Gasteiger partial charge in [-0.3, -0.25) is 0 Å². The van der Waals surface area contributed by atoms with E-state index in [0.717, 1.165) is 36.4 Å². The van der Waals surface area contributed by atoms with E-state index < -0.39 is 0 Å². The van der Waals surface area contributed by atoms with Crippen molar-refractivity contribution in [1.29, 1.82) is 0 Å². The minimum absolute atomic E-state index is 0.108. The third-order valence-electron chi connectivity index (χ3n) is 2.74. The van der Waals surface area contributed by atoms with E-state index >= 15 is 0 Å². The first-order chi connectivity index (χ1) is 7.83. The van der Waals surface area contributed by atoms with Crippen LogP contribution in [0.25, 0.3) is 11.1 Å². The Morgan fingerprint density at radius 1 is 1.38 bits per heavy atom. The standard InChI is InChI=1S/C11H12N2O2S/c16-11-13-8-2-1-7(5-9(8)15-11)10-6-12-3-4-14-10/h1-2,5,10,12H,3-4,6H2,(H,13,16). The van der Waals surface area contributed by atoms with Crippen LogP contribution in [0.2, 0.25) is 0 Å². The van der Waals surface area contributed by atoms with Crippen molar-refractivity contribution in [2.75, 3.05) is 19.7 Å². The van der Waals surface area contributed by atoms with Crippen LogP contribution in [0.5, 0.6) is 0 Å². The summed E-state index contributed by atoms with van der Waals surface area (Å²) in [5.41, 5.74) is 2.84. The molecule has 1 aromatic heterocycles. The van der Waals surface area contributed by atoms with Crippen molar-refractivity contribution in [3.63, 3.8) is 0 Å². The quantitative estimate of drug-likeness (QED) is 0.745. The van der Waals surface area contributed by atoms with Gasteiger partial charge in [-0.15, -0.1) is 0 Å². The molecule has 0 radical (unpaired) electrons. The highest BCUT2D eigenvalue weighted by Gasteiger charge is 2.16. The van der Waals surface area contributed by atoms with Crippen molar-refractivity contribution in [3.05, 3.63) is 28.6 Å². The van der Waals surface area contributed by atoms with Crippen molar-refractivity contribution < 1.29 is 9.15 Å². The molecule has 5 heteroatoms. The van der Waals surface area contributed by atoms with Gasteiger partial charge in [-0.1, -0.05) is 6.07 Å². The Labute approximate surface area is 97.6 Å². The lowest BCUT2D eigenvalue weighted by atomic mass is 10.1. The van der Waals surface area contributed by atoms with E-state index in [9.17, 15) is 0 Å². The van der Waals surface area contributed by atoms with Gasteiger partial charge in [0.25, 0.3) is 4.84 Å². The molecule has 0 bridgehead atoms. The number of benzene rings is 1. The highest BCUT2D eigenvalue weighted by molar-refractivity contribution is 7.71. The molecule has 3 rings (SSSR count). The largest absolute Gasteiger partial charge is 0.429 e. The molecular formula is C11H12N2O2S. The van der Waals surface area contributed by atoms with Crippen LogP contribution >= 0.6 is 12.2 Å². The summed E-state index contributed by atoms with van der Waals surface area (Å²) in [6.45, 7) is 2.51. The molecule has 1 fully saturated rings. The van der Waals surface area contributed by atoms with E-state index in [-0.39, 0.29) is 6.10 Å². The average molecular weight is 236 g/mol. The minimum Gasteiger partial charge on any atom is -0.429 e. The number of hydrogen-bond donors (Lipinski definition) is 2. The topological polar surface area (TPSA) is 50.2 Å². The normalized spacial score (nSPS) is 21.4. The Hall–Kier alpha value is -1.17. The van der Waals surface area contributed by atoms with E-state index in [2.05, 4.69) is 10.3 Å². The lowest BCUT2D eigenvalue weighted by Crippen LogP contribution is -2.33. The molecule has 1 unspecified atom stereocenters. The molecule has 2 heterocycles. The van der Waals surface area contributed by atoms with Gasteiger partial charge in [-0.05, 0) is 29.9 Å². The smallest absolute Gasteiger partial charge is 0.266 e. The maximum Gasteiger partial charge on any atom is 0.266 e. The number of oxazole rings is 1. The van der Waals surface area contributed by atoms with Crippen molar-refractivity contribution in [3.8, 4) is 0 Å². The van der Waals surface area contributed by atoms with Gasteiger partial charge in [0.1, 0.15) is 0 Å². The van der Waals surface area contributed by atoms with Gasteiger partial charge in [0, 0.05) is 13.1 Å². The number of aromatic amines is 1. The fraction of sp³-hybridized carbons (Fsp3) is 0.364. The number of nitrogens with one attached hydrogen (secondary N) is 2. The van der Waals surface area contributed by atoms with Crippen molar-refractivity contribution in [2.24, 2.45) is 0 Å². The summed E-state index contributed by atoms with van der Waals surface area (Å²) < 4.78 is 11.1. The van der Waals surface area contributed by atoms with Gasteiger partial charge < -0.3 is 19.5 Å². The number of ether oxygens (including phenoxy) is 1. The maximum atomic E-state index is 5.68. The summed E-state index contributed by atoms with van der Waals surface area (Å²) >= 11 is 4.95. The Kier molecular flexibility index (Phi) is 2.51. The number of rotatable bonds is 1. The molecule has 0 spiro atoms. The minimum atomic E-state index is 0.108. The molecule has 84 valence electrons. The summed E-state index contributed by atoms with van der Waals surface area (Å²) in [4.78, 5) is 3.39. The molecule has 1 atom stereocenters. The van der Waals surface area contributed by atoms with Crippen LogP contribution in [0.1, 0.15) is 11.7 Å². The fourth-order valence-corrected chi connectivity index (χ4v) is 2.14. The predicted octanol–water partition coefficient (Wildman–Crippen LogP) is 2.15. The molecule has 2 N–H and O–H groups in total. The highest BCUT2D eigenvalue weighted by atomic mass is 32.1. The third kappa shape index (κ3) is 1.77. The molecule has 2 aromatic rings. The first-order valence-electron chi connectivity index (χ1n) is 5.28. The lowest BCUT2D eigenvalue weighted by Gasteiger charge is -2.23. The summed E-state index contributed by atoms with van der Waals surface area (Å²) in [7, 11) is 0. The Balaban J connectivity index is 2.00. The second-order valence-electron chi connectivity index (χ2n) is 3.83. The number of H-pyrrole nitrogens is 1. The zero-order valence-corrected chi connectivity index (χ0v) is 9.47. The van der Waals surface area contributed by atoms with Crippen LogP contribution in [0.15, 0.2) is 22.6 Å². The summed E-state index contributed by atoms with van der Waals surface area (Å²) in [5, 5.41) is 3.30. The zero-order chi connectivity index (χ0) is 11.0. The molecule has 1 aliphatic rings. The summed E-state index contributed by atoms with van der Waals surface area (Å²) in [6.07, 6.45) is 0.108. The first-order valence-corrected chi connectivity index (χ1v) is 5.69. The number of hydrogen-bond acceptors (Lipinski definition) is 4. The molecule has 0 saturated carbocycles. The zero-order valence-electron chi connectivity index (χ0n) is 8.66. The van der Waals surface area contributed by atoms with Crippen LogP contribution in [0.3, 0.4) is 0 Å². The molecule has 1 aromatic carbocycles. The maximum absolute atomic E-state index is 5.68. The van der Waals surface area contributed by atoms with Gasteiger partial charge in [-0.2, -0.15) is 0 Å². The van der Waals surface area contributed by atoms with Gasteiger partial charge >= 0.3 is 0 Å². The second kappa shape index (κ2) is 4.01. The van der Waals surface area contributed by atoms with E-state index in [4.69, 9.17) is 21.4 Å². The van der Waals surface area contributed by atoms with E-state index in [1.165, 1.54) is 0 Å². The Morgan fingerprint density at radius 2 is 2.31 bits per heavy atom. The summed E-state index contributed by atoms with van der Waals surface area (Å²) in [6, 6.07) is 6.00. The number of morpholine rings is 1. The van der Waals surface area contributed by atoms with Crippen LogP contribution in [0.4, 0.5) is 0 Å². The van der Waals surface area contributed by atoms with Crippen molar-refractivity contribution in [2.45, 2.75) is 6.10 Å². The Bertz CT molecular complexity index is 554. The fourth-order valence-electron chi connectivity index (χ4n) is 1.94. The molecular weight excluding hydrogens is 224 g/mol. The highest BCUT2D eigenvalue weighted by Crippen LogP contribution is 2.23. The van der Waals surface area contributed by atoms with Crippen LogP contribution in [-0.2, 0) is 4.74 Å². The van der Waals surface area contributed by atoms with Crippen LogP contribution < -0.4 is 5.32 Å². The summed E-state index contributed by atoms with van der Waals surface area (Å²) in [5.74, 6) is 0. The molecule has 16 heavy (non-hydrogen) atoms. The van der Waals surface area contributed by atoms with E-state index in [1.54, 1.807) is 0 Å². The monoisotopic (exact) mass is 236 g/mol. The van der Waals surface area contributed by atoms with Crippen molar-refractivity contribution in [1.82, 2.24) is 10.3 Å². The molecule has 1 aliphatic heterocycles. The third-order valence-corrected chi connectivity index (χ3v) is 2.93. The lowest BCUT2D eigenvalue weighted by molar-refractivity contribution is 0.0277. The SMILES string of the molecule is S=c1[nH]c2ccc(C3CNCCO3)cc2o1. The van der Waals surface area contributed by atoms with Crippen LogP contribution in [-0.4, -0.2) is 24.7 Å². The van der Waals surface area contributed by atoms with Gasteiger partial charge in [0.15, 0.2) is 5.58 Å². The number of aromatic nitrogens is 1. The second-order valence-corrected chi connectivity index (χ2v) is 4.20. The predicted molar refractivity (Wildman–Crippen MR) is 63.0 cm³/mol. The van der Waals surface area contributed by atoms with Crippen molar-refractivity contribution >= 4 is 23.3 Å². The van der Waals surface area contributed by atoms with E-state index in [1.807, 2.05) is 18.2 Å². The first kappa shape index (κ1) is 10.0. The van der Waals surface area contributed by atoms with E-state index in [0.29, 0.717) is 4.84 Å². The Morgan fingerprint density at radius 3 is 3.12 bits per heavy atom. The van der Waals surface area contributed by atoms with Crippen LogP contribution in [0, 0.1) is 4.84 Å². The van der Waals surface area contributed by atoms with Gasteiger partial charge in [0.2, 0.25) is 0 Å². The molecule has 0 amide bonds. The number of fused-ring (bicyclic) bond motifs is 1. The molecule has 4 nitrogen and oxygen atoms in total. The average Bonchev–Trinajstić information content (AvgIpc) is 2.69. The van der Waals surface area contributed by atoms with Gasteiger partial charge in [0.05, 0.1) is 18.2 Å². The van der Waals surface area contributed by atoms with Gasteiger partial charge in [-0.25, -0.2) is 0 Å².